The number of rotatable bonds is 7. The van der Waals surface area contributed by atoms with E-state index in [1.165, 1.54) is 12.1 Å². The van der Waals surface area contributed by atoms with Crippen LogP contribution in [0, 0.1) is 0 Å². The van der Waals surface area contributed by atoms with Crippen LogP contribution in [-0.4, -0.2) is 29.5 Å². The number of fused-ring (bicyclic) bond motifs is 1. The lowest BCUT2D eigenvalue weighted by Gasteiger charge is -2.14. The summed E-state index contributed by atoms with van der Waals surface area (Å²) in [6, 6.07) is 11.5. The molecule has 0 saturated heterocycles. The molecule has 1 heterocycles. The fourth-order valence-electron chi connectivity index (χ4n) is 2.79. The number of hydrogen-bond acceptors (Lipinski definition) is 4. The Morgan fingerprint density at radius 2 is 1.78 bits per heavy atom. The predicted octanol–water partition coefficient (Wildman–Crippen LogP) is 3.76. The molecule has 27 heavy (non-hydrogen) atoms. The molecule has 6 nitrogen and oxygen atoms in total. The number of anilines is 1. The summed E-state index contributed by atoms with van der Waals surface area (Å²) in [5.74, 6) is -1.23. The van der Waals surface area contributed by atoms with Crippen molar-refractivity contribution in [3.05, 3.63) is 65.2 Å². The zero-order valence-electron chi connectivity index (χ0n) is 14.8. The smallest absolute Gasteiger partial charge is 0.328 e. The lowest BCUT2D eigenvalue weighted by molar-refractivity contribution is -0.131. The molecule has 1 aliphatic heterocycles. The molecular weight excluding hydrogens is 346 g/mol. The second-order valence-corrected chi connectivity index (χ2v) is 6.12. The summed E-state index contributed by atoms with van der Waals surface area (Å²) in [7, 11) is 0. The van der Waals surface area contributed by atoms with Crippen molar-refractivity contribution in [1.29, 1.82) is 0 Å². The molecule has 1 N–H and O–H groups in total. The maximum absolute atomic E-state index is 12.7. The summed E-state index contributed by atoms with van der Waals surface area (Å²) < 4.78 is 5.60. The van der Waals surface area contributed by atoms with Gasteiger partial charge in [-0.2, -0.15) is 0 Å². The summed E-state index contributed by atoms with van der Waals surface area (Å²) in [5.41, 5.74) is 1.57. The van der Waals surface area contributed by atoms with Crippen molar-refractivity contribution in [3.8, 4) is 5.75 Å². The molecule has 0 spiro atoms. The Labute approximate surface area is 156 Å². The summed E-state index contributed by atoms with van der Waals surface area (Å²) in [5, 5.41) is 8.72. The summed E-state index contributed by atoms with van der Waals surface area (Å²) in [4.78, 5) is 37.1. The molecule has 2 amide bonds. The minimum absolute atomic E-state index is 0.260. The van der Waals surface area contributed by atoms with E-state index in [0.29, 0.717) is 29.2 Å². The number of carbonyl (C=O) groups is 3. The quantitative estimate of drug-likeness (QED) is 0.459. The van der Waals surface area contributed by atoms with Crippen LogP contribution in [0.2, 0.25) is 0 Å². The lowest BCUT2D eigenvalue weighted by atomic mass is 10.1. The van der Waals surface area contributed by atoms with Crippen molar-refractivity contribution in [3.63, 3.8) is 0 Å². The molecule has 1 aliphatic rings. The maximum Gasteiger partial charge on any atom is 0.328 e. The summed E-state index contributed by atoms with van der Waals surface area (Å²) in [6.45, 7) is 2.70. The fraction of sp³-hybridized carbons (Fsp3) is 0.190. The number of carboxylic acids is 1. The van der Waals surface area contributed by atoms with Gasteiger partial charge in [-0.05, 0) is 54.5 Å². The Morgan fingerprint density at radius 3 is 2.44 bits per heavy atom. The maximum atomic E-state index is 12.7. The van der Waals surface area contributed by atoms with Crippen LogP contribution in [0.3, 0.4) is 0 Å². The van der Waals surface area contributed by atoms with E-state index in [1.54, 1.807) is 36.4 Å². The number of nitrogens with zero attached hydrogens (tertiary/aromatic N) is 1. The van der Waals surface area contributed by atoms with Gasteiger partial charge in [-0.1, -0.05) is 19.4 Å². The Balaban J connectivity index is 1.82. The number of hydrogen-bond donors (Lipinski definition) is 1. The third-order valence-electron chi connectivity index (χ3n) is 4.19. The molecule has 2 aromatic rings. The number of unbranched alkanes of at least 4 members (excludes halogenated alkanes) is 1. The highest BCUT2D eigenvalue weighted by Gasteiger charge is 2.36. The van der Waals surface area contributed by atoms with Crippen LogP contribution in [0.5, 0.6) is 5.75 Å². The van der Waals surface area contributed by atoms with Gasteiger partial charge in [0, 0.05) is 6.08 Å². The SMILES string of the molecule is CCCCOc1ccc(N2C(=O)c3ccc(C=CC(=O)O)cc3C2=O)cc1. The summed E-state index contributed by atoms with van der Waals surface area (Å²) >= 11 is 0. The molecule has 0 unspecified atom stereocenters. The van der Waals surface area contributed by atoms with Crippen molar-refractivity contribution in [2.75, 3.05) is 11.5 Å². The first-order valence-electron chi connectivity index (χ1n) is 8.68. The normalized spacial score (nSPS) is 13.3. The number of aliphatic carboxylic acids is 1. The van der Waals surface area contributed by atoms with E-state index < -0.39 is 17.8 Å². The van der Waals surface area contributed by atoms with Gasteiger partial charge >= 0.3 is 5.97 Å². The van der Waals surface area contributed by atoms with Crippen molar-refractivity contribution < 1.29 is 24.2 Å². The van der Waals surface area contributed by atoms with E-state index >= 15 is 0 Å². The zero-order valence-corrected chi connectivity index (χ0v) is 14.8. The standard InChI is InChI=1S/C21H19NO5/c1-2-3-12-27-16-8-6-15(7-9-16)22-20(25)17-10-4-14(5-11-19(23)24)13-18(17)21(22)26/h4-11,13H,2-3,12H2,1H3,(H,23,24). The topological polar surface area (TPSA) is 83.9 Å². The van der Waals surface area contributed by atoms with Gasteiger partial charge in [-0.3, -0.25) is 9.59 Å². The highest BCUT2D eigenvalue weighted by atomic mass is 16.5. The Bertz CT molecular complexity index is 915. The van der Waals surface area contributed by atoms with E-state index in [1.807, 2.05) is 0 Å². The van der Waals surface area contributed by atoms with E-state index in [9.17, 15) is 14.4 Å². The van der Waals surface area contributed by atoms with Crippen LogP contribution >= 0.6 is 0 Å². The molecule has 0 atom stereocenters. The molecule has 0 saturated carbocycles. The van der Waals surface area contributed by atoms with Gasteiger partial charge in [0.25, 0.3) is 11.8 Å². The second kappa shape index (κ2) is 7.86. The first-order valence-corrected chi connectivity index (χ1v) is 8.68. The van der Waals surface area contributed by atoms with E-state index in [0.717, 1.165) is 23.8 Å². The monoisotopic (exact) mass is 365 g/mol. The van der Waals surface area contributed by atoms with Gasteiger partial charge in [0.15, 0.2) is 0 Å². The van der Waals surface area contributed by atoms with Gasteiger partial charge in [-0.15, -0.1) is 0 Å². The molecule has 2 aromatic carbocycles. The Morgan fingerprint density at radius 1 is 1.07 bits per heavy atom. The molecule has 0 aliphatic carbocycles. The number of carboxylic acid groups (broad SMARTS) is 1. The van der Waals surface area contributed by atoms with Crippen LogP contribution in [-0.2, 0) is 4.79 Å². The van der Waals surface area contributed by atoms with Gasteiger partial charge in [0.2, 0.25) is 0 Å². The number of imide groups is 1. The highest BCUT2D eigenvalue weighted by Crippen LogP contribution is 2.30. The predicted molar refractivity (Wildman–Crippen MR) is 101 cm³/mol. The third-order valence-corrected chi connectivity index (χ3v) is 4.19. The molecular formula is C21H19NO5. The number of carbonyl (C=O) groups excluding carboxylic acids is 2. The first-order chi connectivity index (χ1) is 13.0. The van der Waals surface area contributed by atoms with Gasteiger partial charge in [-0.25, -0.2) is 9.69 Å². The lowest BCUT2D eigenvalue weighted by Crippen LogP contribution is -2.29. The number of benzene rings is 2. The molecule has 0 radical (unpaired) electrons. The van der Waals surface area contributed by atoms with Crippen LogP contribution in [0.15, 0.2) is 48.5 Å². The molecule has 0 bridgehead atoms. The second-order valence-electron chi connectivity index (χ2n) is 6.12. The van der Waals surface area contributed by atoms with Crippen LogP contribution in [0.25, 0.3) is 6.08 Å². The molecule has 6 heteroatoms. The van der Waals surface area contributed by atoms with Crippen LogP contribution in [0.4, 0.5) is 5.69 Å². The minimum atomic E-state index is -1.08. The van der Waals surface area contributed by atoms with Crippen LogP contribution in [0.1, 0.15) is 46.0 Å². The van der Waals surface area contributed by atoms with Gasteiger partial charge in [0.1, 0.15) is 5.75 Å². The van der Waals surface area contributed by atoms with Crippen molar-refractivity contribution in [2.24, 2.45) is 0 Å². The van der Waals surface area contributed by atoms with Crippen molar-refractivity contribution in [2.45, 2.75) is 19.8 Å². The van der Waals surface area contributed by atoms with E-state index in [2.05, 4.69) is 6.92 Å². The Hall–Kier alpha value is -3.41. The largest absolute Gasteiger partial charge is 0.494 e. The molecule has 0 aromatic heterocycles. The van der Waals surface area contributed by atoms with Crippen molar-refractivity contribution in [1.82, 2.24) is 0 Å². The van der Waals surface area contributed by atoms with Crippen LogP contribution < -0.4 is 9.64 Å². The third kappa shape index (κ3) is 3.89. The average Bonchev–Trinajstić information content (AvgIpc) is 2.91. The zero-order chi connectivity index (χ0) is 19.4. The Kier molecular flexibility index (Phi) is 5.35. The molecule has 3 rings (SSSR count). The van der Waals surface area contributed by atoms with E-state index in [4.69, 9.17) is 9.84 Å². The van der Waals surface area contributed by atoms with E-state index in [-0.39, 0.29) is 5.56 Å². The van der Waals surface area contributed by atoms with Gasteiger partial charge < -0.3 is 9.84 Å². The molecule has 0 fully saturated rings. The summed E-state index contributed by atoms with van der Waals surface area (Å²) in [6.07, 6.45) is 4.36. The van der Waals surface area contributed by atoms with Gasteiger partial charge in [0.05, 0.1) is 23.4 Å². The molecule has 138 valence electrons. The average molecular weight is 365 g/mol. The number of amides is 2. The first kappa shape index (κ1) is 18.4. The van der Waals surface area contributed by atoms with Crippen molar-refractivity contribution >= 4 is 29.5 Å². The fourth-order valence-corrected chi connectivity index (χ4v) is 2.79. The number of ether oxygens (including phenoxy) is 1. The minimum Gasteiger partial charge on any atom is -0.494 e. The highest BCUT2D eigenvalue weighted by molar-refractivity contribution is 6.34.